The summed E-state index contributed by atoms with van der Waals surface area (Å²) in [6.45, 7) is 6.10. The van der Waals surface area contributed by atoms with Crippen LogP contribution < -0.4 is 0 Å². The summed E-state index contributed by atoms with van der Waals surface area (Å²) in [6, 6.07) is 0. The number of ether oxygens (including phenoxy) is 1. The van der Waals surface area contributed by atoms with Crippen molar-refractivity contribution in [2.45, 2.75) is 6.92 Å². The number of allylic oxidation sites excluding steroid dienone is 1. The summed E-state index contributed by atoms with van der Waals surface area (Å²) < 4.78 is 4.95. The SMILES string of the molecule is C=C(C)OCCBr. The van der Waals surface area contributed by atoms with Gasteiger partial charge in [-0.05, 0) is 6.92 Å². The van der Waals surface area contributed by atoms with Crippen LogP contribution in [0.1, 0.15) is 6.92 Å². The topological polar surface area (TPSA) is 9.23 Å². The van der Waals surface area contributed by atoms with E-state index in [1.54, 1.807) is 0 Å². The second-order valence-corrected chi connectivity index (χ2v) is 2.03. The standard InChI is InChI=1S/C5H9BrO/c1-5(2)7-4-3-6/h1,3-4H2,2H3. The molecule has 0 aliphatic heterocycles. The van der Waals surface area contributed by atoms with Gasteiger partial charge in [-0.3, -0.25) is 0 Å². The first-order chi connectivity index (χ1) is 3.27. The minimum absolute atomic E-state index is 0.718. The Morgan fingerprint density at radius 2 is 2.43 bits per heavy atom. The van der Waals surface area contributed by atoms with Gasteiger partial charge in [0.15, 0.2) is 0 Å². The van der Waals surface area contributed by atoms with Crippen molar-refractivity contribution in [2.24, 2.45) is 0 Å². The Morgan fingerprint density at radius 1 is 1.86 bits per heavy atom. The highest BCUT2D eigenvalue weighted by Gasteiger charge is 1.79. The molecule has 0 aromatic rings. The minimum Gasteiger partial charge on any atom is -0.498 e. The molecule has 0 aliphatic rings. The quantitative estimate of drug-likeness (QED) is 0.458. The van der Waals surface area contributed by atoms with Crippen molar-refractivity contribution in [3.8, 4) is 0 Å². The molecular formula is C5H9BrO. The first-order valence-electron chi connectivity index (χ1n) is 2.11. The summed E-state index contributed by atoms with van der Waals surface area (Å²) in [5.41, 5.74) is 0. The van der Waals surface area contributed by atoms with E-state index in [1.165, 1.54) is 0 Å². The highest BCUT2D eigenvalue weighted by Crippen LogP contribution is 1.90. The van der Waals surface area contributed by atoms with Crippen LogP contribution in [0.15, 0.2) is 12.3 Å². The molecule has 0 bridgehead atoms. The van der Waals surface area contributed by atoms with Crippen molar-refractivity contribution >= 4 is 15.9 Å². The van der Waals surface area contributed by atoms with Crippen molar-refractivity contribution in [3.63, 3.8) is 0 Å². The molecule has 7 heavy (non-hydrogen) atoms. The van der Waals surface area contributed by atoms with Gasteiger partial charge in [0.1, 0.15) is 0 Å². The van der Waals surface area contributed by atoms with E-state index in [9.17, 15) is 0 Å². The Hall–Kier alpha value is 0.0200. The largest absolute Gasteiger partial charge is 0.498 e. The molecule has 0 N–H and O–H groups in total. The summed E-state index contributed by atoms with van der Waals surface area (Å²) in [4.78, 5) is 0. The molecule has 42 valence electrons. The smallest absolute Gasteiger partial charge is 0.0973 e. The molecule has 0 aromatic heterocycles. The maximum Gasteiger partial charge on any atom is 0.0973 e. The van der Waals surface area contributed by atoms with Crippen molar-refractivity contribution in [1.29, 1.82) is 0 Å². The van der Waals surface area contributed by atoms with Crippen LogP contribution in [0.25, 0.3) is 0 Å². The Balaban J connectivity index is 2.82. The van der Waals surface area contributed by atoms with Gasteiger partial charge in [0.2, 0.25) is 0 Å². The number of hydrogen-bond donors (Lipinski definition) is 0. The fourth-order valence-electron chi connectivity index (χ4n) is 0.213. The normalized spacial score (nSPS) is 8.29. The van der Waals surface area contributed by atoms with Gasteiger partial charge < -0.3 is 4.74 Å². The molecule has 0 saturated carbocycles. The zero-order chi connectivity index (χ0) is 5.70. The molecule has 0 heterocycles. The predicted octanol–water partition coefficient (Wildman–Crippen LogP) is 1.93. The number of alkyl halides is 1. The minimum atomic E-state index is 0.718. The zero-order valence-electron chi connectivity index (χ0n) is 4.41. The molecule has 0 amide bonds. The molecule has 0 aromatic carbocycles. The van der Waals surface area contributed by atoms with Crippen molar-refractivity contribution in [1.82, 2.24) is 0 Å². The second-order valence-electron chi connectivity index (χ2n) is 1.24. The van der Waals surface area contributed by atoms with Crippen LogP contribution in [-0.4, -0.2) is 11.9 Å². The highest BCUT2D eigenvalue weighted by molar-refractivity contribution is 9.09. The molecule has 0 saturated heterocycles. The molecular weight excluding hydrogens is 156 g/mol. The Kier molecular flexibility index (Phi) is 4.20. The molecule has 0 unspecified atom stereocenters. The summed E-state index contributed by atoms with van der Waals surface area (Å²) in [5, 5.41) is 0.875. The van der Waals surface area contributed by atoms with Gasteiger partial charge >= 0.3 is 0 Å². The maximum atomic E-state index is 4.95. The third-order valence-corrected chi connectivity index (χ3v) is 0.749. The van der Waals surface area contributed by atoms with Crippen LogP contribution in [0.4, 0.5) is 0 Å². The van der Waals surface area contributed by atoms with Crippen molar-refractivity contribution in [2.75, 3.05) is 11.9 Å². The van der Waals surface area contributed by atoms with Gasteiger partial charge in [0.25, 0.3) is 0 Å². The van der Waals surface area contributed by atoms with Crippen LogP contribution in [0.2, 0.25) is 0 Å². The molecule has 2 heteroatoms. The van der Waals surface area contributed by atoms with Gasteiger partial charge in [-0.1, -0.05) is 22.5 Å². The van der Waals surface area contributed by atoms with Gasteiger partial charge in [0, 0.05) is 5.33 Å². The predicted molar refractivity (Wildman–Crippen MR) is 34.6 cm³/mol. The van der Waals surface area contributed by atoms with E-state index in [0.29, 0.717) is 0 Å². The van der Waals surface area contributed by atoms with E-state index >= 15 is 0 Å². The number of halogens is 1. The Bertz CT molecular complexity index is 61.1. The van der Waals surface area contributed by atoms with Gasteiger partial charge in [-0.15, -0.1) is 0 Å². The summed E-state index contributed by atoms with van der Waals surface area (Å²) in [7, 11) is 0. The van der Waals surface area contributed by atoms with Crippen molar-refractivity contribution < 1.29 is 4.74 Å². The lowest BCUT2D eigenvalue weighted by molar-refractivity contribution is 0.237. The first kappa shape index (κ1) is 7.02. The van der Waals surface area contributed by atoms with E-state index in [1.807, 2.05) is 6.92 Å². The van der Waals surface area contributed by atoms with Crippen LogP contribution in [0.3, 0.4) is 0 Å². The van der Waals surface area contributed by atoms with Crippen LogP contribution >= 0.6 is 15.9 Å². The third kappa shape index (κ3) is 6.02. The maximum absolute atomic E-state index is 4.95. The molecule has 0 fully saturated rings. The Morgan fingerprint density at radius 3 is 2.57 bits per heavy atom. The van der Waals surface area contributed by atoms with Crippen LogP contribution in [0, 0.1) is 0 Å². The van der Waals surface area contributed by atoms with E-state index in [4.69, 9.17) is 4.74 Å². The fraction of sp³-hybridized carbons (Fsp3) is 0.600. The fourth-order valence-corrected chi connectivity index (χ4v) is 0.375. The van der Waals surface area contributed by atoms with E-state index in [2.05, 4.69) is 22.5 Å². The Labute approximate surface area is 52.5 Å². The third-order valence-electron chi connectivity index (χ3n) is 0.426. The zero-order valence-corrected chi connectivity index (χ0v) is 5.99. The van der Waals surface area contributed by atoms with E-state index in [-0.39, 0.29) is 0 Å². The molecule has 0 aliphatic carbocycles. The van der Waals surface area contributed by atoms with Crippen LogP contribution in [-0.2, 0) is 4.74 Å². The van der Waals surface area contributed by atoms with Gasteiger partial charge in [0.05, 0.1) is 12.4 Å². The van der Waals surface area contributed by atoms with Crippen molar-refractivity contribution in [3.05, 3.63) is 12.3 Å². The average molecular weight is 165 g/mol. The number of rotatable bonds is 3. The molecule has 0 atom stereocenters. The van der Waals surface area contributed by atoms with Gasteiger partial charge in [-0.2, -0.15) is 0 Å². The lowest BCUT2D eigenvalue weighted by Crippen LogP contribution is -1.89. The average Bonchev–Trinajstić information content (AvgIpc) is 1.61. The van der Waals surface area contributed by atoms with Crippen LogP contribution in [0.5, 0.6) is 0 Å². The summed E-state index contributed by atoms with van der Waals surface area (Å²) in [6.07, 6.45) is 0. The summed E-state index contributed by atoms with van der Waals surface area (Å²) in [5.74, 6) is 0.777. The molecule has 0 radical (unpaired) electrons. The van der Waals surface area contributed by atoms with E-state index in [0.717, 1.165) is 17.7 Å². The summed E-state index contributed by atoms with van der Waals surface area (Å²) >= 11 is 3.21. The molecule has 0 spiro atoms. The lowest BCUT2D eigenvalue weighted by atomic mass is 10.6. The second kappa shape index (κ2) is 4.19. The molecule has 0 rings (SSSR count). The monoisotopic (exact) mass is 164 g/mol. The van der Waals surface area contributed by atoms with Gasteiger partial charge in [-0.25, -0.2) is 0 Å². The van der Waals surface area contributed by atoms with E-state index < -0.39 is 0 Å². The lowest BCUT2D eigenvalue weighted by Gasteiger charge is -1.98. The molecule has 1 nitrogen and oxygen atoms in total. The highest BCUT2D eigenvalue weighted by atomic mass is 79.9. The number of hydrogen-bond acceptors (Lipinski definition) is 1. The first-order valence-corrected chi connectivity index (χ1v) is 3.24.